The molecule has 4 aromatic carbocycles. The van der Waals surface area contributed by atoms with E-state index in [1.165, 1.54) is 32.1 Å². The van der Waals surface area contributed by atoms with Gasteiger partial charge in [-0.05, 0) is 72.7 Å². The lowest BCUT2D eigenvalue weighted by atomic mass is 9.71. The van der Waals surface area contributed by atoms with Gasteiger partial charge in [-0.2, -0.15) is 5.26 Å². The fraction of sp³-hybridized carbons (Fsp3) is 0.367. The molecule has 0 saturated carbocycles. The van der Waals surface area contributed by atoms with Crippen molar-refractivity contribution in [1.82, 2.24) is 15.1 Å². The van der Waals surface area contributed by atoms with Crippen LogP contribution in [0.4, 0.5) is 0 Å². The van der Waals surface area contributed by atoms with Crippen LogP contribution in [0.15, 0.2) is 67.3 Å². The summed E-state index contributed by atoms with van der Waals surface area (Å²) in [6, 6.07) is 14.4. The molecular formula is C49H48N4O10S. The van der Waals surface area contributed by atoms with E-state index >= 15 is 4.79 Å². The summed E-state index contributed by atoms with van der Waals surface area (Å²) < 4.78 is 36.9. The minimum absolute atomic E-state index is 0.0146. The fourth-order valence-corrected chi connectivity index (χ4v) is 12.8. The van der Waals surface area contributed by atoms with E-state index in [0.29, 0.717) is 71.0 Å². The summed E-state index contributed by atoms with van der Waals surface area (Å²) in [5, 5.41) is 37.5. The highest BCUT2D eigenvalue weighted by atomic mass is 32.2. The number of nitrogens with zero attached hydrogens (tertiary/aromatic N) is 3. The number of carbonyl (C=O) groups is 2. The molecule has 1 spiro atoms. The van der Waals surface area contributed by atoms with Crippen LogP contribution in [0, 0.1) is 25.2 Å². The zero-order chi connectivity index (χ0) is 44.6. The van der Waals surface area contributed by atoms with Crippen molar-refractivity contribution in [3.63, 3.8) is 0 Å². The van der Waals surface area contributed by atoms with Gasteiger partial charge in [0, 0.05) is 59.3 Å². The predicted molar refractivity (Wildman–Crippen MR) is 237 cm³/mol. The minimum atomic E-state index is -1.41. The summed E-state index contributed by atoms with van der Waals surface area (Å²) in [6.45, 7) is 8.35. The summed E-state index contributed by atoms with van der Waals surface area (Å²) in [5.41, 5.74) is 4.94. The number of methoxy groups -OCH3 is 2. The fourth-order valence-electron chi connectivity index (χ4n) is 11.2. The molecule has 14 nitrogen and oxygen atoms in total. The molecule has 7 atom stereocenters. The second kappa shape index (κ2) is 16.1. The van der Waals surface area contributed by atoms with Gasteiger partial charge in [-0.3, -0.25) is 15.1 Å². The van der Waals surface area contributed by atoms with E-state index in [9.17, 15) is 20.3 Å². The third kappa shape index (κ3) is 6.25. The van der Waals surface area contributed by atoms with Gasteiger partial charge in [0.25, 0.3) is 0 Å². The Kier molecular flexibility index (Phi) is 10.5. The molecule has 7 aliphatic heterocycles. The Hall–Kier alpha value is -6.18. The Bertz CT molecular complexity index is 2680. The maximum absolute atomic E-state index is 15.0. The van der Waals surface area contributed by atoms with Gasteiger partial charge in [-0.1, -0.05) is 42.5 Å². The number of phenols is 2. The molecule has 2 fully saturated rings. The number of esters is 2. The van der Waals surface area contributed by atoms with Crippen LogP contribution in [0.25, 0.3) is 6.08 Å². The lowest BCUT2D eigenvalue weighted by Gasteiger charge is -2.62. The first kappa shape index (κ1) is 41.8. The first-order valence-electron chi connectivity index (χ1n) is 21.3. The number of piperazine rings is 1. The molecule has 15 heteroatoms. The average molecular weight is 885 g/mol. The van der Waals surface area contributed by atoms with Crippen LogP contribution in [0.1, 0.15) is 67.4 Å². The topological polar surface area (TPSA) is 172 Å². The number of fused-ring (bicyclic) bond motifs is 9. The molecule has 4 aromatic rings. The van der Waals surface area contributed by atoms with E-state index in [0.717, 1.165) is 22.3 Å². The monoisotopic (exact) mass is 884 g/mol. The zero-order valence-corrected chi connectivity index (χ0v) is 36.7. The first-order chi connectivity index (χ1) is 31.0. The Balaban J connectivity index is 1.24. The second-order valence-corrected chi connectivity index (χ2v) is 18.1. The molecule has 4 bridgehead atoms. The third-order valence-corrected chi connectivity index (χ3v) is 15.2. The molecule has 0 aliphatic carbocycles. The van der Waals surface area contributed by atoms with E-state index in [4.69, 9.17) is 28.4 Å². The van der Waals surface area contributed by atoms with E-state index in [1.54, 1.807) is 18.2 Å². The summed E-state index contributed by atoms with van der Waals surface area (Å²) in [5.74, 6) is 0.619. The van der Waals surface area contributed by atoms with Crippen molar-refractivity contribution in [3.05, 3.63) is 117 Å². The molecular weight excluding hydrogens is 837 g/mol. The van der Waals surface area contributed by atoms with Gasteiger partial charge in [0.2, 0.25) is 6.79 Å². The van der Waals surface area contributed by atoms with Crippen LogP contribution >= 0.6 is 11.8 Å². The summed E-state index contributed by atoms with van der Waals surface area (Å²) in [7, 11) is 3.00. The van der Waals surface area contributed by atoms with Crippen LogP contribution < -0.4 is 29.0 Å². The molecule has 3 N–H and O–H groups in total. The number of rotatable bonds is 7. The summed E-state index contributed by atoms with van der Waals surface area (Å²) in [4.78, 5) is 33.5. The number of phenolic OH excluding ortho intramolecular Hbond substituents is 2. The minimum Gasteiger partial charge on any atom is -0.504 e. The molecule has 1 unspecified atom stereocenters. The highest BCUT2D eigenvalue weighted by molar-refractivity contribution is 7.99. The molecule has 64 heavy (non-hydrogen) atoms. The second-order valence-electron chi connectivity index (χ2n) is 17.0. The maximum atomic E-state index is 15.0. The summed E-state index contributed by atoms with van der Waals surface area (Å²) in [6.07, 6.45) is 5.87. The normalized spacial score (nSPS) is 26.5. The van der Waals surface area contributed by atoms with Crippen molar-refractivity contribution in [2.24, 2.45) is 0 Å². The smallest absolute Gasteiger partial charge is 0.336 e. The Morgan fingerprint density at radius 1 is 1.05 bits per heavy atom. The van der Waals surface area contributed by atoms with E-state index in [-0.39, 0.29) is 48.2 Å². The van der Waals surface area contributed by atoms with Crippen LogP contribution in [0.2, 0.25) is 0 Å². The summed E-state index contributed by atoms with van der Waals surface area (Å²) >= 11 is 1.46. The number of aryl methyl sites for hydroxylation is 1. The van der Waals surface area contributed by atoms with E-state index in [2.05, 4.69) is 27.8 Å². The van der Waals surface area contributed by atoms with Crippen molar-refractivity contribution >= 4 is 29.8 Å². The van der Waals surface area contributed by atoms with Crippen molar-refractivity contribution in [2.75, 3.05) is 46.5 Å². The van der Waals surface area contributed by atoms with Crippen LogP contribution in [-0.4, -0.2) is 96.5 Å². The molecule has 0 radical (unpaired) electrons. The highest BCUT2D eigenvalue weighted by Crippen LogP contribution is 2.65. The quantitative estimate of drug-likeness (QED) is 0.0824. The number of thioether (sulfide) groups is 1. The highest BCUT2D eigenvalue weighted by Gasteiger charge is 2.62. The van der Waals surface area contributed by atoms with Crippen molar-refractivity contribution in [1.29, 1.82) is 5.26 Å². The molecule has 11 rings (SSSR count). The third-order valence-electron chi connectivity index (χ3n) is 13.8. The molecule has 7 heterocycles. The molecule has 0 amide bonds. The van der Waals surface area contributed by atoms with Gasteiger partial charge in [0.15, 0.2) is 40.0 Å². The number of nitrogens with one attached hydrogen (secondary N) is 1. The van der Waals surface area contributed by atoms with Crippen LogP contribution in [0.5, 0.6) is 40.2 Å². The first-order valence-corrected chi connectivity index (χ1v) is 22.4. The predicted octanol–water partition coefficient (Wildman–Crippen LogP) is 6.24. The number of carbonyl (C=O) groups excluding carboxylic acids is 2. The van der Waals surface area contributed by atoms with Crippen molar-refractivity contribution in [2.45, 2.75) is 67.7 Å². The van der Waals surface area contributed by atoms with Crippen LogP contribution in [-0.2, 0) is 32.7 Å². The molecule has 2 saturated heterocycles. The number of hydrogen-bond acceptors (Lipinski definition) is 15. The lowest BCUT2D eigenvalue weighted by Crippen LogP contribution is -2.70. The Morgan fingerprint density at radius 3 is 2.59 bits per heavy atom. The number of aromatic hydroxyl groups is 2. The van der Waals surface area contributed by atoms with Gasteiger partial charge < -0.3 is 38.6 Å². The molecule has 7 aliphatic rings. The number of benzene rings is 4. The average Bonchev–Trinajstić information content (AvgIpc) is 3.79. The zero-order valence-electron chi connectivity index (χ0n) is 35.9. The van der Waals surface area contributed by atoms with Gasteiger partial charge in [0.05, 0.1) is 37.6 Å². The Morgan fingerprint density at radius 2 is 1.84 bits per heavy atom. The van der Waals surface area contributed by atoms with Gasteiger partial charge in [-0.15, -0.1) is 18.3 Å². The Labute approximate surface area is 374 Å². The number of hydrogen-bond donors (Lipinski definition) is 3. The number of nitriles is 1. The molecule has 330 valence electrons. The van der Waals surface area contributed by atoms with Crippen molar-refractivity contribution in [3.8, 4) is 46.3 Å². The van der Waals surface area contributed by atoms with Crippen LogP contribution in [0.3, 0.4) is 0 Å². The van der Waals surface area contributed by atoms with Crippen molar-refractivity contribution < 1.29 is 48.2 Å². The standard InChI is InChI=1S/C49H48N4O10S/c1-6-16-52-31-18-29-17-25(2)43(59-5)42(56)37(29)40(52)41-47-39-38(46-45(61-24-62-46)26(3)44(39)63-36(55)13-12-27-10-8-7-9-11-27)33(53(41)32(31)21-50)22-60-48(57)49(23-64-47)30-20-35(58-4)34(54)19-28(30)14-15-51-49/h6-13,17,19-20,31-33,40-41,47,51,54,56H,1,14-16,18,22-24H2,2-5H3/b13-12+/t31-,32+,33+,40+,41?,47-,49-/m1/s1. The van der Waals surface area contributed by atoms with Gasteiger partial charge >= 0.3 is 11.9 Å². The molecule has 0 aromatic heterocycles. The van der Waals surface area contributed by atoms with E-state index in [1.807, 2.05) is 56.3 Å². The van der Waals surface area contributed by atoms with E-state index < -0.39 is 46.9 Å². The number of ether oxygens (including phenoxy) is 6. The largest absolute Gasteiger partial charge is 0.504 e. The maximum Gasteiger partial charge on any atom is 0.336 e. The van der Waals surface area contributed by atoms with Gasteiger partial charge in [0.1, 0.15) is 18.4 Å². The SMILES string of the molecule is C=CCN1[C@@H]2Cc3cc(C)c(OC)c(O)c3[C@H]1C1[C@@H]3SC[C@]4(NCCc5cc(O)c(OC)cc54)C(=O)OC[C@@H](c4c5c(c(C)c(OC(=O)/C=C/c6ccccc6)c43)OCO5)N1[C@H]2C#N. The van der Waals surface area contributed by atoms with Gasteiger partial charge in [-0.25, -0.2) is 9.59 Å². The lowest BCUT2D eigenvalue weighted by molar-refractivity contribution is -0.157.